The Hall–Kier alpha value is -4.27. The van der Waals surface area contributed by atoms with Gasteiger partial charge in [-0.05, 0) is 81.0 Å². The molecule has 2 amide bonds. The zero-order valence-corrected chi connectivity index (χ0v) is 24.1. The monoisotopic (exact) mass is 558 g/mol. The summed E-state index contributed by atoms with van der Waals surface area (Å²) in [7, 11) is 4.83. The van der Waals surface area contributed by atoms with Gasteiger partial charge in [0.15, 0.2) is 11.5 Å². The van der Waals surface area contributed by atoms with Crippen LogP contribution in [0.5, 0.6) is 17.2 Å². The molecule has 9 nitrogen and oxygen atoms in total. The van der Waals surface area contributed by atoms with Crippen molar-refractivity contribution in [3.05, 3.63) is 77.0 Å². The summed E-state index contributed by atoms with van der Waals surface area (Å²) in [5.74, 6) is 2.74. The molecule has 2 fully saturated rings. The Morgan fingerprint density at radius 3 is 2.29 bits per heavy atom. The minimum absolute atomic E-state index is 0.0566. The van der Waals surface area contributed by atoms with Crippen LogP contribution in [0.2, 0.25) is 0 Å². The molecule has 1 aromatic heterocycles. The third kappa shape index (κ3) is 6.09. The van der Waals surface area contributed by atoms with Crippen molar-refractivity contribution < 1.29 is 23.8 Å². The summed E-state index contributed by atoms with van der Waals surface area (Å²) < 4.78 is 16.0. The molecule has 2 bridgehead atoms. The smallest absolute Gasteiger partial charge is 0.252 e. The fourth-order valence-corrected chi connectivity index (χ4v) is 6.15. The van der Waals surface area contributed by atoms with Gasteiger partial charge in [-0.1, -0.05) is 12.1 Å². The van der Waals surface area contributed by atoms with E-state index in [1.54, 1.807) is 27.5 Å². The first kappa shape index (κ1) is 28.3. The Morgan fingerprint density at radius 1 is 0.902 bits per heavy atom. The van der Waals surface area contributed by atoms with E-state index < -0.39 is 0 Å². The first-order valence-corrected chi connectivity index (χ1v) is 14.1. The van der Waals surface area contributed by atoms with Crippen LogP contribution in [0.4, 0.5) is 5.82 Å². The molecule has 5 rings (SSSR count). The number of benzene rings is 2. The van der Waals surface area contributed by atoms with E-state index in [1.165, 1.54) is 0 Å². The molecule has 41 heavy (non-hydrogen) atoms. The van der Waals surface area contributed by atoms with Crippen LogP contribution < -0.4 is 29.7 Å². The predicted molar refractivity (Wildman–Crippen MR) is 157 cm³/mol. The lowest BCUT2D eigenvalue weighted by atomic mass is 9.96. The maximum atomic E-state index is 13.1. The predicted octanol–water partition coefficient (Wildman–Crippen LogP) is 4.32. The largest absolute Gasteiger partial charge is 0.496 e. The number of nitrogens with one attached hydrogen (secondary N) is 2. The normalized spacial score (nSPS) is 19.4. The molecule has 2 N–H and O–H groups in total. The van der Waals surface area contributed by atoms with Gasteiger partial charge in [-0.3, -0.25) is 9.59 Å². The Labute approximate surface area is 241 Å². The quantitative estimate of drug-likeness (QED) is 0.382. The SMILES string of the molecule is COc1ccc(CCNC(=O)c2ccc(N3C4CCC3CC(NC(=O)c3cccc(OC)c3C)C4)nc2)cc1OC. The van der Waals surface area contributed by atoms with Gasteiger partial charge in [-0.25, -0.2) is 4.98 Å². The van der Waals surface area contributed by atoms with Crippen LogP contribution >= 0.6 is 0 Å². The van der Waals surface area contributed by atoms with Gasteiger partial charge in [-0.2, -0.15) is 0 Å². The van der Waals surface area contributed by atoms with Crippen molar-refractivity contribution in [3.8, 4) is 17.2 Å². The van der Waals surface area contributed by atoms with Gasteiger partial charge in [0.2, 0.25) is 0 Å². The van der Waals surface area contributed by atoms with Crippen molar-refractivity contribution in [2.24, 2.45) is 0 Å². The number of hydrogen-bond donors (Lipinski definition) is 2. The lowest BCUT2D eigenvalue weighted by molar-refractivity contribution is 0.0924. The number of carbonyl (C=O) groups is 2. The summed E-state index contributed by atoms with van der Waals surface area (Å²) in [6.07, 6.45) is 6.19. The standard InChI is InChI=1S/C32H38N4O5/c1-20-26(6-5-7-27(20)39-2)32(38)35-23-17-24-10-11-25(18-23)36(24)30-13-9-22(19-34-30)31(37)33-15-14-21-8-12-28(40-3)29(16-21)41-4/h5-9,12-13,16,19,23-25H,10-11,14-15,17-18H2,1-4H3,(H,33,37)(H,35,38). The molecule has 0 spiro atoms. The molecular weight excluding hydrogens is 520 g/mol. The second-order valence-corrected chi connectivity index (χ2v) is 10.7. The zero-order valence-electron chi connectivity index (χ0n) is 24.1. The molecule has 2 aromatic carbocycles. The summed E-state index contributed by atoms with van der Waals surface area (Å²) in [6.45, 7) is 2.41. The van der Waals surface area contributed by atoms with Gasteiger partial charge in [0.25, 0.3) is 11.8 Å². The van der Waals surface area contributed by atoms with E-state index in [0.29, 0.717) is 53.4 Å². The number of ether oxygens (including phenoxy) is 3. The van der Waals surface area contributed by atoms with Crippen molar-refractivity contribution in [3.63, 3.8) is 0 Å². The number of piperidine rings is 1. The molecule has 2 atom stereocenters. The van der Waals surface area contributed by atoms with Gasteiger partial charge < -0.3 is 29.7 Å². The van der Waals surface area contributed by atoms with Crippen molar-refractivity contribution in [1.29, 1.82) is 0 Å². The van der Waals surface area contributed by atoms with Crippen LogP contribution in [0.25, 0.3) is 0 Å². The van der Waals surface area contributed by atoms with E-state index in [0.717, 1.165) is 42.6 Å². The number of nitrogens with zero attached hydrogens (tertiary/aromatic N) is 2. The molecule has 3 heterocycles. The van der Waals surface area contributed by atoms with E-state index in [1.807, 2.05) is 55.5 Å². The molecule has 2 aliphatic rings. The Kier molecular flexibility index (Phi) is 8.61. The number of amides is 2. The van der Waals surface area contributed by atoms with Crippen LogP contribution in [0.1, 0.15) is 57.5 Å². The summed E-state index contributed by atoms with van der Waals surface area (Å²) in [5, 5.41) is 6.24. The highest BCUT2D eigenvalue weighted by molar-refractivity contribution is 5.96. The van der Waals surface area contributed by atoms with Gasteiger partial charge in [-0.15, -0.1) is 0 Å². The van der Waals surface area contributed by atoms with Gasteiger partial charge in [0, 0.05) is 42.0 Å². The molecular formula is C32H38N4O5. The first-order chi connectivity index (χ1) is 19.9. The van der Waals surface area contributed by atoms with Gasteiger partial charge >= 0.3 is 0 Å². The lowest BCUT2D eigenvalue weighted by Crippen LogP contribution is -2.50. The molecule has 2 unspecified atom stereocenters. The summed E-state index contributed by atoms with van der Waals surface area (Å²) in [6, 6.07) is 15.8. The number of rotatable bonds is 10. The third-order valence-electron chi connectivity index (χ3n) is 8.24. The molecule has 216 valence electrons. The number of methoxy groups -OCH3 is 3. The molecule has 0 saturated carbocycles. The number of aromatic nitrogens is 1. The average Bonchev–Trinajstić information content (AvgIpc) is 3.26. The maximum Gasteiger partial charge on any atom is 0.252 e. The molecule has 0 aliphatic carbocycles. The fourth-order valence-electron chi connectivity index (χ4n) is 6.15. The summed E-state index contributed by atoms with van der Waals surface area (Å²) >= 11 is 0. The molecule has 2 saturated heterocycles. The van der Waals surface area contributed by atoms with E-state index in [9.17, 15) is 9.59 Å². The minimum atomic E-state index is -0.151. The van der Waals surface area contributed by atoms with Crippen LogP contribution in [-0.2, 0) is 6.42 Å². The molecule has 3 aromatic rings. The highest BCUT2D eigenvalue weighted by Gasteiger charge is 2.42. The number of fused-ring (bicyclic) bond motifs is 2. The minimum Gasteiger partial charge on any atom is -0.496 e. The van der Waals surface area contributed by atoms with Crippen LogP contribution in [0.15, 0.2) is 54.7 Å². The second-order valence-electron chi connectivity index (χ2n) is 10.7. The van der Waals surface area contributed by atoms with Crippen LogP contribution in [0, 0.1) is 6.92 Å². The molecule has 9 heteroatoms. The van der Waals surface area contributed by atoms with E-state index in [-0.39, 0.29) is 17.9 Å². The zero-order chi connectivity index (χ0) is 28.9. The second kappa shape index (κ2) is 12.5. The number of pyridine rings is 1. The van der Waals surface area contributed by atoms with E-state index in [2.05, 4.69) is 20.5 Å². The maximum absolute atomic E-state index is 13.1. The topological polar surface area (TPSA) is 102 Å². The van der Waals surface area contributed by atoms with Crippen molar-refractivity contribution >= 4 is 17.6 Å². The Bertz CT molecular complexity index is 1380. The fraction of sp³-hybridized carbons (Fsp3) is 0.406. The number of anilines is 1. The molecule has 0 radical (unpaired) electrons. The lowest BCUT2D eigenvalue weighted by Gasteiger charge is -2.40. The third-order valence-corrected chi connectivity index (χ3v) is 8.24. The van der Waals surface area contributed by atoms with Gasteiger partial charge in [0.1, 0.15) is 11.6 Å². The first-order valence-electron chi connectivity index (χ1n) is 14.1. The van der Waals surface area contributed by atoms with Crippen molar-refractivity contribution in [2.45, 2.75) is 57.2 Å². The van der Waals surface area contributed by atoms with E-state index >= 15 is 0 Å². The Balaban J connectivity index is 1.15. The van der Waals surface area contributed by atoms with Gasteiger partial charge in [0.05, 0.1) is 26.9 Å². The van der Waals surface area contributed by atoms with Crippen molar-refractivity contribution in [2.75, 3.05) is 32.8 Å². The summed E-state index contributed by atoms with van der Waals surface area (Å²) in [5.41, 5.74) is 3.08. The highest BCUT2D eigenvalue weighted by atomic mass is 16.5. The van der Waals surface area contributed by atoms with E-state index in [4.69, 9.17) is 14.2 Å². The highest BCUT2D eigenvalue weighted by Crippen LogP contribution is 2.38. The van der Waals surface area contributed by atoms with Crippen molar-refractivity contribution in [1.82, 2.24) is 15.6 Å². The van der Waals surface area contributed by atoms with Crippen LogP contribution in [0.3, 0.4) is 0 Å². The van der Waals surface area contributed by atoms with Crippen LogP contribution in [-0.4, -0.2) is 62.8 Å². The summed E-state index contributed by atoms with van der Waals surface area (Å²) in [4.78, 5) is 32.9. The number of carbonyl (C=O) groups excluding carboxylic acids is 2. The number of hydrogen-bond acceptors (Lipinski definition) is 7. The molecule has 2 aliphatic heterocycles. The Morgan fingerprint density at radius 2 is 1.63 bits per heavy atom. The average molecular weight is 559 g/mol.